The van der Waals surface area contributed by atoms with E-state index in [-0.39, 0.29) is 0 Å². The molecule has 1 rings (SSSR count). The lowest BCUT2D eigenvalue weighted by molar-refractivity contribution is 0.0529. The Labute approximate surface area is 161 Å². The van der Waals surface area contributed by atoms with Crippen molar-refractivity contribution in [3.8, 4) is 11.5 Å². The van der Waals surface area contributed by atoms with Gasteiger partial charge in [-0.05, 0) is 45.4 Å². The number of alkyl carbamates (subject to hydrolysis) is 1. The molecule has 0 saturated heterocycles. The molecule has 8 heteroatoms. The van der Waals surface area contributed by atoms with Crippen LogP contribution in [-0.4, -0.2) is 51.5 Å². The van der Waals surface area contributed by atoms with Crippen molar-refractivity contribution < 1.29 is 19.0 Å². The van der Waals surface area contributed by atoms with Crippen LogP contribution in [0.5, 0.6) is 11.5 Å². The summed E-state index contributed by atoms with van der Waals surface area (Å²) in [6.45, 7) is 9.64. The molecule has 1 aromatic carbocycles. The van der Waals surface area contributed by atoms with Crippen LogP contribution in [0.3, 0.4) is 0 Å². The lowest BCUT2D eigenvalue weighted by Gasteiger charge is -2.19. The lowest BCUT2D eigenvalue weighted by Crippen LogP contribution is -2.42. The third-order valence-electron chi connectivity index (χ3n) is 3.30. The minimum absolute atomic E-state index is 0.426. The van der Waals surface area contributed by atoms with Gasteiger partial charge in [0.15, 0.2) is 17.5 Å². The molecule has 1 aromatic rings. The van der Waals surface area contributed by atoms with Crippen LogP contribution >= 0.6 is 0 Å². The van der Waals surface area contributed by atoms with Gasteiger partial charge in [0, 0.05) is 19.6 Å². The molecule has 0 spiro atoms. The Morgan fingerprint density at radius 3 is 2.30 bits per heavy atom. The highest BCUT2D eigenvalue weighted by Gasteiger charge is 2.15. The number of ether oxygens (including phenoxy) is 3. The van der Waals surface area contributed by atoms with Crippen molar-refractivity contribution in [1.82, 2.24) is 16.0 Å². The van der Waals surface area contributed by atoms with Crippen molar-refractivity contribution in [3.63, 3.8) is 0 Å². The molecule has 27 heavy (non-hydrogen) atoms. The summed E-state index contributed by atoms with van der Waals surface area (Å²) in [7, 11) is 3.21. The second kappa shape index (κ2) is 11.2. The van der Waals surface area contributed by atoms with E-state index in [1.807, 2.05) is 45.9 Å². The molecule has 0 unspecified atom stereocenters. The van der Waals surface area contributed by atoms with Gasteiger partial charge >= 0.3 is 6.09 Å². The van der Waals surface area contributed by atoms with E-state index in [2.05, 4.69) is 20.9 Å². The molecule has 0 aliphatic rings. The number of guanidine groups is 1. The van der Waals surface area contributed by atoms with Crippen LogP contribution in [0.25, 0.3) is 0 Å². The summed E-state index contributed by atoms with van der Waals surface area (Å²) >= 11 is 0. The molecule has 0 aliphatic carbocycles. The van der Waals surface area contributed by atoms with E-state index in [1.54, 1.807) is 14.2 Å². The largest absolute Gasteiger partial charge is 0.493 e. The molecular formula is C19H32N4O4. The molecule has 0 bridgehead atoms. The molecule has 0 aliphatic heterocycles. The molecule has 0 radical (unpaired) electrons. The summed E-state index contributed by atoms with van der Waals surface area (Å²) in [5, 5.41) is 9.04. The van der Waals surface area contributed by atoms with E-state index in [1.165, 1.54) is 0 Å². The van der Waals surface area contributed by atoms with Gasteiger partial charge in [-0.2, -0.15) is 0 Å². The van der Waals surface area contributed by atoms with Gasteiger partial charge in [0.05, 0.1) is 20.8 Å². The van der Waals surface area contributed by atoms with Crippen LogP contribution in [0.4, 0.5) is 4.79 Å². The van der Waals surface area contributed by atoms with E-state index in [0.29, 0.717) is 37.1 Å². The Balaban J connectivity index is 2.54. The van der Waals surface area contributed by atoms with E-state index in [4.69, 9.17) is 14.2 Å². The zero-order valence-corrected chi connectivity index (χ0v) is 17.1. The van der Waals surface area contributed by atoms with Gasteiger partial charge in [-0.3, -0.25) is 0 Å². The minimum atomic E-state index is -0.507. The predicted octanol–water partition coefficient (Wildman–Crippen LogP) is 2.28. The molecule has 152 valence electrons. The zero-order valence-electron chi connectivity index (χ0n) is 17.1. The first-order valence-corrected chi connectivity index (χ1v) is 8.99. The maximum Gasteiger partial charge on any atom is 0.407 e. The van der Waals surface area contributed by atoms with Crippen molar-refractivity contribution in [2.45, 2.75) is 39.8 Å². The summed E-state index contributed by atoms with van der Waals surface area (Å²) in [4.78, 5) is 16.2. The van der Waals surface area contributed by atoms with Gasteiger partial charge in [-0.1, -0.05) is 6.07 Å². The summed E-state index contributed by atoms with van der Waals surface area (Å²) in [5.41, 5.74) is 0.490. The zero-order chi connectivity index (χ0) is 20.3. The fourth-order valence-electron chi connectivity index (χ4n) is 2.15. The number of amides is 1. The van der Waals surface area contributed by atoms with Crippen molar-refractivity contribution in [1.29, 1.82) is 0 Å². The highest BCUT2D eigenvalue weighted by molar-refractivity contribution is 5.79. The number of benzene rings is 1. The average Bonchev–Trinajstić information content (AvgIpc) is 2.61. The van der Waals surface area contributed by atoms with E-state index < -0.39 is 11.7 Å². The molecule has 0 heterocycles. The normalized spacial score (nSPS) is 11.6. The summed E-state index contributed by atoms with van der Waals surface area (Å²) < 4.78 is 15.7. The SMILES string of the molecule is CCNC(=NCc1ccc(OC)c(OC)c1)NCCNC(=O)OC(C)(C)C. The van der Waals surface area contributed by atoms with Gasteiger partial charge < -0.3 is 30.2 Å². The number of hydrogen-bond acceptors (Lipinski definition) is 5. The van der Waals surface area contributed by atoms with Gasteiger partial charge in [-0.15, -0.1) is 0 Å². The highest BCUT2D eigenvalue weighted by Crippen LogP contribution is 2.27. The topological polar surface area (TPSA) is 93.2 Å². The summed E-state index contributed by atoms with van der Waals surface area (Å²) in [5.74, 6) is 2.02. The Morgan fingerprint density at radius 1 is 1.04 bits per heavy atom. The number of nitrogens with one attached hydrogen (secondary N) is 3. The molecule has 0 atom stereocenters. The van der Waals surface area contributed by atoms with Crippen LogP contribution < -0.4 is 25.4 Å². The molecule has 1 amide bonds. The maximum atomic E-state index is 11.6. The molecular weight excluding hydrogens is 348 g/mol. The smallest absolute Gasteiger partial charge is 0.407 e. The first-order valence-electron chi connectivity index (χ1n) is 8.99. The quantitative estimate of drug-likeness (QED) is 0.364. The van der Waals surface area contributed by atoms with Gasteiger partial charge in [0.25, 0.3) is 0 Å². The number of hydrogen-bond donors (Lipinski definition) is 3. The van der Waals surface area contributed by atoms with Crippen LogP contribution in [0.2, 0.25) is 0 Å². The number of aliphatic imine (C=N–C) groups is 1. The fraction of sp³-hybridized carbons (Fsp3) is 0.579. The number of carbonyl (C=O) groups excluding carboxylic acids is 1. The highest BCUT2D eigenvalue weighted by atomic mass is 16.6. The van der Waals surface area contributed by atoms with Crippen LogP contribution in [-0.2, 0) is 11.3 Å². The van der Waals surface area contributed by atoms with E-state index >= 15 is 0 Å². The van der Waals surface area contributed by atoms with E-state index in [0.717, 1.165) is 12.1 Å². The van der Waals surface area contributed by atoms with Crippen molar-refractivity contribution in [3.05, 3.63) is 23.8 Å². The number of methoxy groups -OCH3 is 2. The Bertz CT molecular complexity index is 627. The standard InChI is InChI=1S/C19H32N4O4/c1-7-20-17(21-10-11-22-18(24)27-19(2,3)4)23-13-14-8-9-15(25-5)16(12-14)26-6/h8-9,12H,7,10-11,13H2,1-6H3,(H,22,24)(H2,20,21,23). The first kappa shape index (κ1) is 22.4. The van der Waals surface area contributed by atoms with Crippen LogP contribution in [0.1, 0.15) is 33.3 Å². The van der Waals surface area contributed by atoms with Gasteiger partial charge in [-0.25, -0.2) is 9.79 Å². The van der Waals surface area contributed by atoms with Crippen molar-refractivity contribution in [2.24, 2.45) is 4.99 Å². The third-order valence-corrected chi connectivity index (χ3v) is 3.30. The Kier molecular flexibility index (Phi) is 9.25. The van der Waals surface area contributed by atoms with E-state index in [9.17, 15) is 4.79 Å². The van der Waals surface area contributed by atoms with Crippen molar-refractivity contribution >= 4 is 12.1 Å². The lowest BCUT2D eigenvalue weighted by atomic mass is 10.2. The first-order chi connectivity index (χ1) is 12.8. The summed E-state index contributed by atoms with van der Waals surface area (Å²) in [6.07, 6.45) is -0.434. The molecule has 0 aromatic heterocycles. The van der Waals surface area contributed by atoms with Gasteiger partial charge in [0.1, 0.15) is 5.60 Å². The average molecular weight is 380 g/mol. The predicted molar refractivity (Wildman–Crippen MR) is 107 cm³/mol. The molecule has 0 fully saturated rings. The monoisotopic (exact) mass is 380 g/mol. The van der Waals surface area contributed by atoms with Crippen LogP contribution in [0, 0.1) is 0 Å². The Hall–Kier alpha value is -2.64. The molecule has 8 nitrogen and oxygen atoms in total. The number of nitrogens with zero attached hydrogens (tertiary/aromatic N) is 1. The number of rotatable bonds is 8. The Morgan fingerprint density at radius 2 is 1.70 bits per heavy atom. The fourth-order valence-corrected chi connectivity index (χ4v) is 2.15. The van der Waals surface area contributed by atoms with Crippen LogP contribution in [0.15, 0.2) is 23.2 Å². The minimum Gasteiger partial charge on any atom is -0.493 e. The van der Waals surface area contributed by atoms with Gasteiger partial charge in [0.2, 0.25) is 0 Å². The second-order valence-corrected chi connectivity index (χ2v) is 6.74. The second-order valence-electron chi connectivity index (χ2n) is 6.74. The summed E-state index contributed by atoms with van der Waals surface area (Å²) in [6, 6.07) is 5.70. The molecule has 0 saturated carbocycles. The molecule has 3 N–H and O–H groups in total. The maximum absolute atomic E-state index is 11.6. The number of carbonyl (C=O) groups is 1. The van der Waals surface area contributed by atoms with Crippen molar-refractivity contribution in [2.75, 3.05) is 33.9 Å². The third kappa shape index (κ3) is 9.03.